The summed E-state index contributed by atoms with van der Waals surface area (Å²) in [5, 5.41) is 12.9. The van der Waals surface area contributed by atoms with Gasteiger partial charge in [0.05, 0.1) is 18.1 Å². The quantitative estimate of drug-likeness (QED) is 0.568. The number of nitrogens with zero attached hydrogens (tertiary/aromatic N) is 4. The molecule has 1 saturated heterocycles. The number of carbonyl (C=O) groups excluding carboxylic acids is 1. The molecular weight excluding hydrogens is 434 g/mol. The summed E-state index contributed by atoms with van der Waals surface area (Å²) in [5.74, 6) is 4.92. The van der Waals surface area contributed by atoms with Gasteiger partial charge in [-0.3, -0.25) is 9.36 Å². The minimum Gasteiger partial charge on any atom is -0.467 e. The number of piperidine rings is 1. The Balaban J connectivity index is 1.27. The summed E-state index contributed by atoms with van der Waals surface area (Å²) in [6, 6.07) is 4.12. The number of anilines is 1. The highest BCUT2D eigenvalue weighted by atomic mass is 32.2. The second-order valence-corrected chi connectivity index (χ2v) is 11.8. The Labute approximate surface area is 201 Å². The number of aromatic nitrogens is 3. The minimum absolute atomic E-state index is 0.0937. The van der Waals surface area contributed by atoms with E-state index in [1.54, 1.807) is 6.26 Å². The van der Waals surface area contributed by atoms with E-state index in [4.69, 9.17) is 4.42 Å². The first-order valence-electron chi connectivity index (χ1n) is 12.7. The van der Waals surface area contributed by atoms with Gasteiger partial charge in [-0.2, -0.15) is 0 Å². The summed E-state index contributed by atoms with van der Waals surface area (Å²) in [7, 11) is 0. The first kappa shape index (κ1) is 22.8. The number of carbonyl (C=O) groups is 1. The number of nitrogens with one attached hydrogen (secondary N) is 1. The monoisotopic (exact) mass is 471 g/mol. The second-order valence-electron chi connectivity index (χ2n) is 10.5. The van der Waals surface area contributed by atoms with Crippen molar-refractivity contribution >= 4 is 23.6 Å². The van der Waals surface area contributed by atoms with Crippen LogP contribution in [0.5, 0.6) is 0 Å². The van der Waals surface area contributed by atoms with Crippen molar-refractivity contribution in [3.8, 4) is 0 Å². The predicted molar refractivity (Wildman–Crippen MR) is 130 cm³/mol. The fraction of sp³-hybridized carbons (Fsp3) is 0.720. The third-order valence-corrected chi connectivity index (χ3v) is 9.19. The number of fused-ring (bicyclic) bond motifs is 2. The Bertz CT molecular complexity index is 937. The van der Waals surface area contributed by atoms with E-state index >= 15 is 0 Å². The van der Waals surface area contributed by atoms with Gasteiger partial charge in [-0.1, -0.05) is 25.1 Å². The van der Waals surface area contributed by atoms with Crippen LogP contribution in [0.25, 0.3) is 0 Å². The van der Waals surface area contributed by atoms with Gasteiger partial charge in [0, 0.05) is 19.1 Å². The SMILES string of the molecule is CC1CCN(c2nnc(SC(C)C(=O)NC(C)C3CC4CCC3C4)n2Cc2ccco2)CC1. The topological polar surface area (TPSA) is 76.2 Å². The maximum atomic E-state index is 13.1. The van der Waals surface area contributed by atoms with Crippen molar-refractivity contribution < 1.29 is 9.21 Å². The molecular formula is C25H37N5O2S. The van der Waals surface area contributed by atoms with E-state index in [2.05, 4.69) is 38.8 Å². The highest BCUT2D eigenvalue weighted by Gasteiger charge is 2.42. The fourth-order valence-corrected chi connectivity index (χ4v) is 6.93. The number of furan rings is 1. The molecule has 1 aliphatic heterocycles. The van der Waals surface area contributed by atoms with Crippen LogP contribution in [-0.2, 0) is 11.3 Å². The van der Waals surface area contributed by atoms with Crippen LogP contribution in [0.3, 0.4) is 0 Å². The minimum atomic E-state index is -0.236. The van der Waals surface area contributed by atoms with Crippen molar-refractivity contribution in [2.24, 2.45) is 23.7 Å². The van der Waals surface area contributed by atoms with Crippen molar-refractivity contribution in [3.05, 3.63) is 24.2 Å². The van der Waals surface area contributed by atoms with Crippen LogP contribution >= 0.6 is 11.8 Å². The smallest absolute Gasteiger partial charge is 0.233 e. The summed E-state index contributed by atoms with van der Waals surface area (Å²) < 4.78 is 7.74. The highest BCUT2D eigenvalue weighted by Crippen LogP contribution is 2.49. The molecule has 7 nitrogen and oxygen atoms in total. The number of hydrogen-bond donors (Lipinski definition) is 1. The molecule has 5 unspecified atom stereocenters. The first-order chi connectivity index (χ1) is 16.0. The largest absolute Gasteiger partial charge is 0.467 e. The van der Waals surface area contributed by atoms with Crippen LogP contribution < -0.4 is 10.2 Å². The molecule has 2 aromatic heterocycles. The molecule has 2 bridgehead atoms. The molecule has 5 rings (SSSR count). The molecule has 8 heteroatoms. The Kier molecular flexibility index (Phi) is 6.72. The summed E-state index contributed by atoms with van der Waals surface area (Å²) in [6.45, 7) is 9.01. The summed E-state index contributed by atoms with van der Waals surface area (Å²) in [6.07, 6.45) is 9.39. The zero-order valence-corrected chi connectivity index (χ0v) is 20.9. The van der Waals surface area contributed by atoms with Crippen LogP contribution in [0.15, 0.2) is 28.0 Å². The van der Waals surface area contributed by atoms with Crippen LogP contribution in [0.1, 0.15) is 65.1 Å². The van der Waals surface area contributed by atoms with Crippen LogP contribution in [0, 0.1) is 23.7 Å². The number of rotatable bonds is 8. The van der Waals surface area contributed by atoms with E-state index in [1.807, 2.05) is 19.1 Å². The molecule has 0 aromatic carbocycles. The molecule has 180 valence electrons. The standard InChI is InChI=1S/C25H37N5O2S/c1-16-8-10-29(11-9-16)24-27-28-25(30(24)15-21-5-4-12-32-21)33-18(3)23(31)26-17(2)22-14-19-6-7-20(22)13-19/h4-5,12,16-20,22H,6-11,13-15H2,1-3H3,(H,26,31). The van der Waals surface area contributed by atoms with Crippen molar-refractivity contribution in [1.82, 2.24) is 20.1 Å². The Hall–Kier alpha value is -1.96. The van der Waals surface area contributed by atoms with E-state index in [0.29, 0.717) is 12.5 Å². The normalized spacial score (nSPS) is 27.1. The summed E-state index contributed by atoms with van der Waals surface area (Å²) in [4.78, 5) is 15.4. The molecule has 3 aliphatic rings. The average Bonchev–Trinajstić information content (AvgIpc) is 3.61. The highest BCUT2D eigenvalue weighted by molar-refractivity contribution is 8.00. The third-order valence-electron chi connectivity index (χ3n) is 8.11. The maximum Gasteiger partial charge on any atom is 0.233 e. The van der Waals surface area contributed by atoms with Gasteiger partial charge in [0.1, 0.15) is 5.76 Å². The molecule has 5 atom stereocenters. The Morgan fingerprint density at radius 2 is 2.03 bits per heavy atom. The van der Waals surface area contributed by atoms with Crippen LogP contribution in [0.2, 0.25) is 0 Å². The van der Waals surface area contributed by atoms with E-state index in [-0.39, 0.29) is 17.2 Å². The van der Waals surface area contributed by atoms with Gasteiger partial charge in [0.2, 0.25) is 11.9 Å². The molecule has 0 radical (unpaired) electrons. The molecule has 3 fully saturated rings. The van der Waals surface area contributed by atoms with Gasteiger partial charge in [-0.05, 0) is 81.8 Å². The zero-order chi connectivity index (χ0) is 22.9. The molecule has 2 saturated carbocycles. The first-order valence-corrected chi connectivity index (χ1v) is 13.5. The number of hydrogen-bond acceptors (Lipinski definition) is 6. The van der Waals surface area contributed by atoms with Crippen molar-refractivity contribution in [2.45, 2.75) is 82.3 Å². The van der Waals surface area contributed by atoms with Gasteiger partial charge >= 0.3 is 0 Å². The lowest BCUT2D eigenvalue weighted by molar-refractivity contribution is -0.121. The third kappa shape index (κ3) is 4.96. The Morgan fingerprint density at radius 1 is 1.21 bits per heavy atom. The summed E-state index contributed by atoms with van der Waals surface area (Å²) in [5.41, 5.74) is 0. The Morgan fingerprint density at radius 3 is 2.70 bits per heavy atom. The molecule has 1 N–H and O–H groups in total. The lowest BCUT2D eigenvalue weighted by Crippen LogP contribution is -2.43. The summed E-state index contributed by atoms with van der Waals surface area (Å²) >= 11 is 1.49. The molecule has 0 spiro atoms. The zero-order valence-electron chi connectivity index (χ0n) is 20.1. The lowest BCUT2D eigenvalue weighted by atomic mass is 9.84. The predicted octanol–water partition coefficient (Wildman–Crippen LogP) is 4.58. The molecule has 2 aromatic rings. The number of amides is 1. The average molecular weight is 472 g/mol. The van der Waals surface area contributed by atoms with Crippen molar-refractivity contribution in [3.63, 3.8) is 0 Å². The molecule has 2 aliphatic carbocycles. The second kappa shape index (κ2) is 9.72. The van der Waals surface area contributed by atoms with Gasteiger partial charge < -0.3 is 14.6 Å². The molecule has 1 amide bonds. The van der Waals surface area contributed by atoms with Crippen LogP contribution in [0.4, 0.5) is 5.95 Å². The number of thioether (sulfide) groups is 1. The van der Waals surface area contributed by atoms with Gasteiger partial charge in [-0.15, -0.1) is 10.2 Å². The maximum absolute atomic E-state index is 13.1. The van der Waals surface area contributed by atoms with Crippen LogP contribution in [-0.4, -0.2) is 45.1 Å². The van der Waals surface area contributed by atoms with Crippen molar-refractivity contribution in [2.75, 3.05) is 18.0 Å². The van der Waals surface area contributed by atoms with Crippen molar-refractivity contribution in [1.29, 1.82) is 0 Å². The van der Waals surface area contributed by atoms with Gasteiger partial charge in [0.25, 0.3) is 0 Å². The van der Waals surface area contributed by atoms with Gasteiger partial charge in [-0.25, -0.2) is 0 Å². The van der Waals surface area contributed by atoms with E-state index in [9.17, 15) is 4.79 Å². The fourth-order valence-electron chi connectivity index (χ4n) is 6.07. The molecule has 3 heterocycles. The van der Waals surface area contributed by atoms with E-state index in [0.717, 1.165) is 60.5 Å². The molecule has 33 heavy (non-hydrogen) atoms. The van der Waals surface area contributed by atoms with E-state index in [1.165, 1.54) is 37.4 Å². The van der Waals surface area contributed by atoms with Gasteiger partial charge in [0.15, 0.2) is 5.16 Å². The lowest BCUT2D eigenvalue weighted by Gasteiger charge is -2.31. The van der Waals surface area contributed by atoms with E-state index < -0.39 is 0 Å².